The van der Waals surface area contributed by atoms with Crippen molar-refractivity contribution in [2.75, 3.05) is 11.4 Å². The maximum Gasteiger partial charge on any atom is 0.0642 e. The summed E-state index contributed by atoms with van der Waals surface area (Å²) in [6.45, 7) is 7.76. The highest BCUT2D eigenvalue weighted by Gasteiger charge is 2.26. The first-order chi connectivity index (χ1) is 8.99. The normalized spacial score (nSPS) is 25.4. The van der Waals surface area contributed by atoms with Crippen molar-refractivity contribution in [3.63, 3.8) is 0 Å². The van der Waals surface area contributed by atoms with E-state index in [-0.39, 0.29) is 6.04 Å². The van der Waals surface area contributed by atoms with Crippen LogP contribution < -0.4 is 10.6 Å². The number of hydrogen-bond acceptors (Lipinski definition) is 2. The molecule has 0 saturated carbocycles. The van der Waals surface area contributed by atoms with E-state index in [4.69, 9.17) is 17.3 Å². The Kier molecular flexibility index (Phi) is 4.75. The van der Waals surface area contributed by atoms with Crippen LogP contribution in [-0.4, -0.2) is 18.6 Å². The van der Waals surface area contributed by atoms with Gasteiger partial charge in [0.25, 0.3) is 0 Å². The molecule has 3 atom stereocenters. The first-order valence-electron chi connectivity index (χ1n) is 7.28. The van der Waals surface area contributed by atoms with E-state index >= 15 is 0 Å². The number of piperidine rings is 1. The van der Waals surface area contributed by atoms with E-state index in [1.165, 1.54) is 24.1 Å². The van der Waals surface area contributed by atoms with Crippen LogP contribution in [0.4, 0.5) is 5.69 Å². The van der Waals surface area contributed by atoms with E-state index in [0.29, 0.717) is 6.04 Å². The highest BCUT2D eigenvalue weighted by atomic mass is 35.5. The fourth-order valence-corrected chi connectivity index (χ4v) is 3.30. The molecule has 2 N–H and O–H groups in total. The summed E-state index contributed by atoms with van der Waals surface area (Å²) < 4.78 is 0. The average Bonchev–Trinajstić information content (AvgIpc) is 2.32. The van der Waals surface area contributed by atoms with E-state index in [1.807, 2.05) is 19.1 Å². The van der Waals surface area contributed by atoms with Crippen LogP contribution in [0, 0.1) is 5.92 Å². The van der Waals surface area contributed by atoms with Gasteiger partial charge >= 0.3 is 0 Å². The molecule has 106 valence electrons. The summed E-state index contributed by atoms with van der Waals surface area (Å²) in [5.74, 6) is 0.732. The van der Waals surface area contributed by atoms with Gasteiger partial charge in [-0.25, -0.2) is 0 Å². The molecule has 3 unspecified atom stereocenters. The van der Waals surface area contributed by atoms with Crippen molar-refractivity contribution in [3.8, 4) is 0 Å². The fraction of sp³-hybridized carbons (Fsp3) is 0.625. The molecule has 0 bridgehead atoms. The molecule has 1 aliphatic rings. The summed E-state index contributed by atoms with van der Waals surface area (Å²) in [4.78, 5) is 2.48. The second-order valence-corrected chi connectivity index (χ2v) is 6.52. The Labute approximate surface area is 121 Å². The van der Waals surface area contributed by atoms with Gasteiger partial charge in [0, 0.05) is 18.6 Å². The summed E-state index contributed by atoms with van der Waals surface area (Å²) in [7, 11) is 0. The number of rotatable bonds is 3. The van der Waals surface area contributed by atoms with Crippen LogP contribution in [0.25, 0.3) is 0 Å². The smallest absolute Gasteiger partial charge is 0.0642 e. The quantitative estimate of drug-likeness (QED) is 0.911. The predicted octanol–water partition coefficient (Wildman–Crippen LogP) is 3.85. The zero-order valence-electron chi connectivity index (χ0n) is 12.2. The van der Waals surface area contributed by atoms with Gasteiger partial charge in [-0.1, -0.05) is 30.7 Å². The van der Waals surface area contributed by atoms with Gasteiger partial charge in [-0.3, -0.25) is 0 Å². The van der Waals surface area contributed by atoms with Gasteiger partial charge in [0.05, 0.1) is 10.7 Å². The molecule has 0 aromatic heterocycles. The standard InChI is InChI=1S/C16H25ClN2/c1-11-7-8-13(3)19(10-11)16-14(9-12(2)18)5-4-6-15(16)17/h4-6,11-13H,7-10,18H2,1-3H3. The Morgan fingerprint density at radius 1 is 1.37 bits per heavy atom. The highest BCUT2D eigenvalue weighted by Crippen LogP contribution is 2.36. The van der Waals surface area contributed by atoms with Gasteiger partial charge in [-0.2, -0.15) is 0 Å². The molecule has 1 heterocycles. The van der Waals surface area contributed by atoms with E-state index in [1.54, 1.807) is 0 Å². The second kappa shape index (κ2) is 6.15. The molecule has 0 aliphatic carbocycles. The predicted molar refractivity (Wildman–Crippen MR) is 84.0 cm³/mol. The van der Waals surface area contributed by atoms with Gasteiger partial charge in [0.15, 0.2) is 0 Å². The van der Waals surface area contributed by atoms with Gasteiger partial charge in [0.1, 0.15) is 0 Å². The van der Waals surface area contributed by atoms with Crippen molar-refractivity contribution >= 4 is 17.3 Å². The Bertz CT molecular complexity index is 431. The van der Waals surface area contributed by atoms with Crippen LogP contribution in [0.15, 0.2) is 18.2 Å². The van der Waals surface area contributed by atoms with E-state index in [0.717, 1.165) is 23.9 Å². The zero-order chi connectivity index (χ0) is 14.0. The minimum absolute atomic E-state index is 0.162. The average molecular weight is 281 g/mol. The Morgan fingerprint density at radius 3 is 2.79 bits per heavy atom. The molecule has 1 aromatic rings. The topological polar surface area (TPSA) is 29.3 Å². The third kappa shape index (κ3) is 3.43. The molecule has 0 spiro atoms. The van der Waals surface area contributed by atoms with E-state index in [9.17, 15) is 0 Å². The number of nitrogens with two attached hydrogens (primary N) is 1. The summed E-state index contributed by atoms with van der Waals surface area (Å²) in [6.07, 6.45) is 3.43. The number of halogens is 1. The lowest BCUT2D eigenvalue weighted by molar-refractivity contribution is 0.389. The Hall–Kier alpha value is -0.730. The van der Waals surface area contributed by atoms with Crippen LogP contribution >= 0.6 is 11.6 Å². The molecular formula is C16H25ClN2. The molecule has 0 amide bonds. The lowest BCUT2D eigenvalue weighted by Gasteiger charge is -2.40. The van der Waals surface area contributed by atoms with Crippen LogP contribution in [0.3, 0.4) is 0 Å². The fourth-order valence-electron chi connectivity index (χ4n) is 2.99. The number of nitrogens with zero attached hydrogens (tertiary/aromatic N) is 1. The van der Waals surface area contributed by atoms with Crippen LogP contribution in [0.2, 0.25) is 5.02 Å². The molecule has 1 aliphatic heterocycles. The monoisotopic (exact) mass is 280 g/mol. The number of hydrogen-bond donors (Lipinski definition) is 1. The Balaban J connectivity index is 2.36. The Morgan fingerprint density at radius 2 is 2.11 bits per heavy atom. The minimum Gasteiger partial charge on any atom is -0.367 e. The summed E-state index contributed by atoms with van der Waals surface area (Å²) in [5, 5.41) is 0.860. The third-order valence-corrected chi connectivity index (χ3v) is 4.32. The lowest BCUT2D eigenvalue weighted by Crippen LogP contribution is -2.42. The highest BCUT2D eigenvalue weighted by molar-refractivity contribution is 6.33. The van der Waals surface area contributed by atoms with Gasteiger partial charge in [-0.15, -0.1) is 0 Å². The first-order valence-corrected chi connectivity index (χ1v) is 7.66. The van der Waals surface area contributed by atoms with Crippen LogP contribution in [0.1, 0.15) is 39.2 Å². The molecule has 0 radical (unpaired) electrons. The third-order valence-electron chi connectivity index (χ3n) is 4.02. The molecule has 3 heteroatoms. The van der Waals surface area contributed by atoms with Crippen molar-refractivity contribution in [1.29, 1.82) is 0 Å². The van der Waals surface area contributed by atoms with Crippen LogP contribution in [-0.2, 0) is 6.42 Å². The zero-order valence-corrected chi connectivity index (χ0v) is 13.0. The molecule has 2 nitrogen and oxygen atoms in total. The summed E-state index contributed by atoms with van der Waals surface area (Å²) in [5.41, 5.74) is 8.46. The van der Waals surface area contributed by atoms with Crippen molar-refractivity contribution < 1.29 is 0 Å². The second-order valence-electron chi connectivity index (χ2n) is 6.11. The lowest BCUT2D eigenvalue weighted by atomic mass is 9.93. The van der Waals surface area contributed by atoms with Crippen molar-refractivity contribution in [3.05, 3.63) is 28.8 Å². The van der Waals surface area contributed by atoms with Crippen molar-refractivity contribution in [2.24, 2.45) is 11.7 Å². The maximum absolute atomic E-state index is 6.48. The first kappa shape index (κ1) is 14.7. The van der Waals surface area contributed by atoms with Crippen molar-refractivity contribution in [2.45, 2.75) is 52.1 Å². The summed E-state index contributed by atoms with van der Waals surface area (Å²) in [6, 6.07) is 6.91. The summed E-state index contributed by atoms with van der Waals surface area (Å²) >= 11 is 6.48. The maximum atomic E-state index is 6.48. The van der Waals surface area contributed by atoms with Gasteiger partial charge in [-0.05, 0) is 50.7 Å². The van der Waals surface area contributed by atoms with Crippen LogP contribution in [0.5, 0.6) is 0 Å². The molecular weight excluding hydrogens is 256 g/mol. The van der Waals surface area contributed by atoms with Crippen molar-refractivity contribution in [1.82, 2.24) is 0 Å². The molecule has 19 heavy (non-hydrogen) atoms. The molecule has 1 aromatic carbocycles. The molecule has 1 saturated heterocycles. The SMILES string of the molecule is CC(N)Cc1cccc(Cl)c1N1CC(C)CCC1C. The van der Waals surface area contributed by atoms with Gasteiger partial charge in [0.2, 0.25) is 0 Å². The van der Waals surface area contributed by atoms with E-state index < -0.39 is 0 Å². The number of anilines is 1. The number of benzene rings is 1. The molecule has 1 fully saturated rings. The van der Waals surface area contributed by atoms with Gasteiger partial charge < -0.3 is 10.6 Å². The largest absolute Gasteiger partial charge is 0.367 e. The number of para-hydroxylation sites is 1. The molecule has 2 rings (SSSR count). The minimum atomic E-state index is 0.162. The van der Waals surface area contributed by atoms with E-state index in [2.05, 4.69) is 24.8 Å².